The largest absolute Gasteiger partial charge is 0.396 e. The molecule has 2 aromatic rings. The van der Waals surface area contributed by atoms with E-state index in [1.165, 1.54) is 4.88 Å². The number of aryl methyl sites for hydroxylation is 2. The third kappa shape index (κ3) is 5.33. The molecule has 0 spiro atoms. The van der Waals surface area contributed by atoms with Gasteiger partial charge in [0.2, 0.25) is 0 Å². The lowest BCUT2D eigenvalue weighted by Gasteiger charge is -2.19. The summed E-state index contributed by atoms with van der Waals surface area (Å²) in [6.07, 6.45) is 1.34. The number of hydrogen-bond acceptors (Lipinski definition) is 4. The minimum atomic E-state index is -0.220. The number of benzene rings is 1. The first-order valence-electron chi connectivity index (χ1n) is 7.73. The summed E-state index contributed by atoms with van der Waals surface area (Å²) in [7, 11) is 0. The van der Waals surface area contributed by atoms with Crippen LogP contribution in [0.1, 0.15) is 40.0 Å². The number of aliphatic hydroxyl groups excluding tert-OH is 1. The smallest absolute Gasteiger partial charge is 0.315 e. The molecule has 1 unspecified atom stereocenters. The number of hydrogen-bond donors (Lipinski definition) is 3. The van der Waals surface area contributed by atoms with Gasteiger partial charge in [-0.2, -0.15) is 0 Å². The van der Waals surface area contributed by atoms with Gasteiger partial charge in [-0.15, -0.1) is 11.3 Å². The van der Waals surface area contributed by atoms with Gasteiger partial charge in [0, 0.05) is 11.5 Å². The molecule has 6 heteroatoms. The summed E-state index contributed by atoms with van der Waals surface area (Å²) in [6, 6.07) is 9.47. The number of carbonyl (C=O) groups excluding carboxylic acids is 1. The third-order valence-corrected chi connectivity index (χ3v) is 4.70. The Morgan fingerprint density at radius 2 is 2.04 bits per heavy atom. The maximum Gasteiger partial charge on any atom is 0.315 e. The molecule has 0 radical (unpaired) electrons. The minimum absolute atomic E-state index is 0.108. The van der Waals surface area contributed by atoms with Crippen molar-refractivity contribution in [3.63, 3.8) is 0 Å². The molecule has 3 N–H and O–H groups in total. The van der Waals surface area contributed by atoms with Crippen LogP contribution in [0.25, 0.3) is 0 Å². The van der Waals surface area contributed by atoms with Gasteiger partial charge in [-0.3, -0.25) is 0 Å². The number of aliphatic hydroxyl groups is 1. The average Bonchev–Trinajstić information content (AvgIpc) is 2.88. The summed E-state index contributed by atoms with van der Waals surface area (Å²) in [5, 5.41) is 15.8. The normalized spacial score (nSPS) is 12.0. The van der Waals surface area contributed by atoms with E-state index in [-0.39, 0.29) is 18.7 Å². The van der Waals surface area contributed by atoms with Gasteiger partial charge in [0.05, 0.1) is 18.3 Å². The molecule has 1 aromatic heterocycles. The van der Waals surface area contributed by atoms with E-state index in [2.05, 4.69) is 15.6 Å². The summed E-state index contributed by atoms with van der Waals surface area (Å²) < 4.78 is 0. The van der Waals surface area contributed by atoms with E-state index < -0.39 is 0 Å². The molecule has 0 aliphatic rings. The lowest BCUT2D eigenvalue weighted by atomic mass is 10.0. The number of nitrogens with zero attached hydrogens (tertiary/aromatic N) is 1. The van der Waals surface area contributed by atoms with E-state index in [9.17, 15) is 4.79 Å². The maximum atomic E-state index is 12.1. The highest BCUT2D eigenvalue weighted by atomic mass is 32.1. The lowest BCUT2D eigenvalue weighted by Crippen LogP contribution is -2.37. The van der Waals surface area contributed by atoms with Crippen molar-refractivity contribution in [3.05, 3.63) is 51.5 Å². The molecule has 5 nitrogen and oxygen atoms in total. The molecule has 0 saturated heterocycles. The predicted octanol–water partition coefficient (Wildman–Crippen LogP) is 3.07. The molecule has 124 valence electrons. The topological polar surface area (TPSA) is 74.2 Å². The monoisotopic (exact) mass is 333 g/mol. The number of aromatic nitrogens is 1. The van der Waals surface area contributed by atoms with Crippen LogP contribution < -0.4 is 10.6 Å². The Morgan fingerprint density at radius 1 is 1.30 bits per heavy atom. The van der Waals surface area contributed by atoms with Crippen LogP contribution in [0.2, 0.25) is 0 Å². The maximum absolute atomic E-state index is 12.1. The molecule has 1 atom stereocenters. The molecule has 0 fully saturated rings. The van der Waals surface area contributed by atoms with E-state index in [4.69, 9.17) is 5.11 Å². The van der Waals surface area contributed by atoms with Crippen LogP contribution in [0.4, 0.5) is 4.79 Å². The first-order valence-corrected chi connectivity index (χ1v) is 8.55. The second kappa shape index (κ2) is 8.64. The Bertz CT molecular complexity index is 609. The zero-order valence-electron chi connectivity index (χ0n) is 13.5. The predicted molar refractivity (Wildman–Crippen MR) is 92.5 cm³/mol. The van der Waals surface area contributed by atoms with Gasteiger partial charge in [0.1, 0.15) is 5.01 Å². The minimum Gasteiger partial charge on any atom is -0.396 e. The molecule has 2 rings (SSSR count). The van der Waals surface area contributed by atoms with Crippen LogP contribution in [0.3, 0.4) is 0 Å². The second-order valence-electron chi connectivity index (χ2n) is 5.41. The van der Waals surface area contributed by atoms with Crippen LogP contribution >= 0.6 is 11.3 Å². The van der Waals surface area contributed by atoms with E-state index in [0.717, 1.165) is 16.3 Å². The van der Waals surface area contributed by atoms with Crippen LogP contribution in [-0.4, -0.2) is 22.7 Å². The molecule has 2 amide bonds. The molecular weight excluding hydrogens is 310 g/mol. The van der Waals surface area contributed by atoms with Crippen LogP contribution in [0, 0.1) is 13.8 Å². The van der Waals surface area contributed by atoms with Gasteiger partial charge in [-0.25, -0.2) is 9.78 Å². The van der Waals surface area contributed by atoms with E-state index in [0.29, 0.717) is 19.4 Å². The highest BCUT2D eigenvalue weighted by molar-refractivity contribution is 7.11. The number of urea groups is 1. The molecule has 1 heterocycles. The fourth-order valence-corrected chi connectivity index (χ4v) is 3.16. The van der Waals surface area contributed by atoms with Crippen molar-refractivity contribution in [1.29, 1.82) is 0 Å². The lowest BCUT2D eigenvalue weighted by molar-refractivity contribution is 0.232. The highest BCUT2D eigenvalue weighted by Crippen LogP contribution is 2.18. The molecular formula is C17H23N3O2S. The number of thiazole rings is 1. The average molecular weight is 333 g/mol. The standard InChI is InChI=1S/C17H23N3O2S/c1-12-13(2)23-16(19-12)11-18-17(22)20-15(9-6-10-21)14-7-4-3-5-8-14/h3-5,7-8,15,21H,6,9-11H2,1-2H3,(H2,18,20,22). The molecule has 23 heavy (non-hydrogen) atoms. The van der Waals surface area contributed by atoms with Crippen molar-refractivity contribution >= 4 is 17.4 Å². The Morgan fingerprint density at radius 3 is 2.65 bits per heavy atom. The van der Waals surface area contributed by atoms with Gasteiger partial charge < -0.3 is 15.7 Å². The number of nitrogens with one attached hydrogen (secondary N) is 2. The SMILES string of the molecule is Cc1nc(CNC(=O)NC(CCCO)c2ccccc2)sc1C. The summed E-state index contributed by atoms with van der Waals surface area (Å²) in [6.45, 7) is 4.53. The number of rotatable bonds is 7. The van der Waals surface area contributed by atoms with Crippen LogP contribution in [-0.2, 0) is 6.54 Å². The van der Waals surface area contributed by atoms with Crippen LogP contribution in [0.15, 0.2) is 30.3 Å². The molecule has 0 aliphatic carbocycles. The van der Waals surface area contributed by atoms with Gasteiger partial charge in [-0.05, 0) is 32.3 Å². The highest BCUT2D eigenvalue weighted by Gasteiger charge is 2.14. The van der Waals surface area contributed by atoms with E-state index in [1.54, 1.807) is 11.3 Å². The van der Waals surface area contributed by atoms with Crippen molar-refractivity contribution < 1.29 is 9.90 Å². The molecule has 0 aliphatic heterocycles. The molecule has 0 saturated carbocycles. The van der Waals surface area contributed by atoms with Crippen molar-refractivity contribution in [1.82, 2.24) is 15.6 Å². The molecule has 1 aromatic carbocycles. The number of carbonyl (C=O) groups is 1. The van der Waals surface area contributed by atoms with E-state index in [1.807, 2.05) is 44.2 Å². The Kier molecular flexibility index (Phi) is 6.55. The summed E-state index contributed by atoms with van der Waals surface area (Å²) in [5.41, 5.74) is 2.05. The fraction of sp³-hybridized carbons (Fsp3) is 0.412. The fourth-order valence-electron chi connectivity index (χ4n) is 2.28. The van der Waals surface area contributed by atoms with Crippen molar-refractivity contribution in [2.75, 3.05) is 6.61 Å². The number of amides is 2. The Balaban J connectivity index is 1.91. The summed E-state index contributed by atoms with van der Waals surface area (Å²) >= 11 is 1.60. The van der Waals surface area contributed by atoms with E-state index >= 15 is 0 Å². The first-order chi connectivity index (χ1) is 11.1. The zero-order chi connectivity index (χ0) is 16.7. The molecule has 0 bridgehead atoms. The third-order valence-electron chi connectivity index (χ3n) is 3.63. The van der Waals surface area contributed by atoms with Gasteiger partial charge in [0.15, 0.2) is 0 Å². The van der Waals surface area contributed by atoms with Crippen molar-refractivity contribution in [2.45, 2.75) is 39.3 Å². The Hall–Kier alpha value is -1.92. The van der Waals surface area contributed by atoms with Gasteiger partial charge in [0.25, 0.3) is 0 Å². The second-order valence-corrected chi connectivity index (χ2v) is 6.69. The van der Waals surface area contributed by atoms with Crippen molar-refractivity contribution in [3.8, 4) is 0 Å². The quantitative estimate of drug-likeness (QED) is 0.729. The zero-order valence-corrected chi connectivity index (χ0v) is 14.3. The Labute approximate surface area is 140 Å². The van der Waals surface area contributed by atoms with Crippen LogP contribution in [0.5, 0.6) is 0 Å². The van der Waals surface area contributed by atoms with Crippen molar-refractivity contribution in [2.24, 2.45) is 0 Å². The van der Waals surface area contributed by atoms with Gasteiger partial charge >= 0.3 is 6.03 Å². The van der Waals surface area contributed by atoms with Gasteiger partial charge in [-0.1, -0.05) is 30.3 Å². The summed E-state index contributed by atoms with van der Waals surface area (Å²) in [5.74, 6) is 0. The first kappa shape index (κ1) is 17.4. The summed E-state index contributed by atoms with van der Waals surface area (Å²) in [4.78, 5) is 17.7.